The zero-order chi connectivity index (χ0) is 22.8. The quantitative estimate of drug-likeness (QED) is 0.565. The van der Waals surface area contributed by atoms with Crippen molar-refractivity contribution in [2.45, 2.75) is 19.8 Å². The molecule has 3 heterocycles. The van der Waals surface area contributed by atoms with E-state index in [0.29, 0.717) is 12.4 Å². The third-order valence-electron chi connectivity index (χ3n) is 5.89. The SMILES string of the molecule is CNc1ncc(C#Cc2ccc(OCC3(C)COC3)cc2)c2cc(NC(=O)C3CC3)ncc12. The van der Waals surface area contributed by atoms with Crippen molar-refractivity contribution >= 4 is 28.3 Å². The van der Waals surface area contributed by atoms with Gasteiger partial charge in [0.15, 0.2) is 0 Å². The molecule has 1 aliphatic carbocycles. The summed E-state index contributed by atoms with van der Waals surface area (Å²) in [5, 5.41) is 7.74. The van der Waals surface area contributed by atoms with Gasteiger partial charge in [0.05, 0.1) is 25.4 Å². The van der Waals surface area contributed by atoms with Crippen LogP contribution in [0.1, 0.15) is 30.9 Å². The second-order valence-corrected chi connectivity index (χ2v) is 9.02. The van der Waals surface area contributed by atoms with E-state index in [1.54, 1.807) is 12.4 Å². The molecule has 2 N–H and O–H groups in total. The summed E-state index contributed by atoms with van der Waals surface area (Å²) in [6.07, 6.45) is 5.36. The average Bonchev–Trinajstić information content (AvgIpc) is 3.66. The van der Waals surface area contributed by atoms with E-state index in [1.165, 1.54) is 0 Å². The van der Waals surface area contributed by atoms with Crippen LogP contribution in [-0.4, -0.2) is 42.7 Å². The maximum Gasteiger partial charge on any atom is 0.228 e. The van der Waals surface area contributed by atoms with Crippen molar-refractivity contribution in [3.05, 3.63) is 53.9 Å². The van der Waals surface area contributed by atoms with E-state index in [4.69, 9.17) is 9.47 Å². The van der Waals surface area contributed by atoms with Crippen molar-refractivity contribution in [3.8, 4) is 17.6 Å². The molecular weight excluding hydrogens is 416 g/mol. The van der Waals surface area contributed by atoms with Gasteiger partial charge in [-0.1, -0.05) is 18.8 Å². The topological polar surface area (TPSA) is 85.4 Å². The molecule has 1 aliphatic heterocycles. The minimum atomic E-state index is 0.0264. The number of carbonyl (C=O) groups is 1. The Labute approximate surface area is 192 Å². The van der Waals surface area contributed by atoms with Gasteiger partial charge in [-0.3, -0.25) is 4.79 Å². The van der Waals surface area contributed by atoms with Crippen molar-refractivity contribution < 1.29 is 14.3 Å². The van der Waals surface area contributed by atoms with Crippen molar-refractivity contribution in [2.24, 2.45) is 11.3 Å². The van der Waals surface area contributed by atoms with Gasteiger partial charge in [-0.25, -0.2) is 9.97 Å². The summed E-state index contributed by atoms with van der Waals surface area (Å²) in [5.41, 5.74) is 1.76. The first-order valence-corrected chi connectivity index (χ1v) is 11.1. The molecule has 5 rings (SSSR count). The maximum absolute atomic E-state index is 12.2. The van der Waals surface area contributed by atoms with Crippen LogP contribution in [0.3, 0.4) is 0 Å². The summed E-state index contributed by atoms with van der Waals surface area (Å²) in [5.74, 6) is 8.64. The Kier molecular flexibility index (Phi) is 5.61. The Hall–Kier alpha value is -3.63. The fourth-order valence-electron chi connectivity index (χ4n) is 3.64. The molecule has 2 aromatic heterocycles. The molecule has 168 valence electrons. The van der Waals surface area contributed by atoms with Gasteiger partial charge in [0.2, 0.25) is 5.91 Å². The molecular formula is C26H26N4O3. The fraction of sp³-hybridized carbons (Fsp3) is 0.346. The largest absolute Gasteiger partial charge is 0.493 e. The van der Waals surface area contributed by atoms with E-state index in [9.17, 15) is 4.79 Å². The Morgan fingerprint density at radius 3 is 2.61 bits per heavy atom. The normalized spacial score (nSPS) is 16.3. The number of aromatic nitrogens is 2. The number of nitrogens with zero attached hydrogens (tertiary/aromatic N) is 2. The number of hydrogen-bond acceptors (Lipinski definition) is 6. The zero-order valence-corrected chi connectivity index (χ0v) is 18.8. The van der Waals surface area contributed by atoms with Gasteiger partial charge in [-0.15, -0.1) is 0 Å². The Morgan fingerprint density at radius 2 is 1.94 bits per heavy atom. The molecule has 0 bridgehead atoms. The highest BCUT2D eigenvalue weighted by atomic mass is 16.5. The maximum atomic E-state index is 12.2. The Bertz CT molecular complexity index is 1250. The van der Waals surface area contributed by atoms with Crippen LogP contribution in [-0.2, 0) is 9.53 Å². The average molecular weight is 443 g/mol. The molecule has 2 fully saturated rings. The third kappa shape index (κ3) is 4.76. The third-order valence-corrected chi connectivity index (χ3v) is 5.89. The first kappa shape index (κ1) is 21.2. The first-order chi connectivity index (χ1) is 16.0. The summed E-state index contributed by atoms with van der Waals surface area (Å²) in [6.45, 7) is 4.28. The van der Waals surface area contributed by atoms with Gasteiger partial charge >= 0.3 is 0 Å². The minimum absolute atomic E-state index is 0.0264. The van der Waals surface area contributed by atoms with E-state index in [0.717, 1.165) is 59.5 Å². The van der Waals surface area contributed by atoms with Crippen molar-refractivity contribution in [1.29, 1.82) is 0 Å². The second kappa shape index (κ2) is 8.72. The number of carbonyl (C=O) groups excluding carboxylic acids is 1. The van der Waals surface area contributed by atoms with Crippen LogP contribution in [0.2, 0.25) is 0 Å². The van der Waals surface area contributed by atoms with E-state index < -0.39 is 0 Å². The number of amides is 1. The van der Waals surface area contributed by atoms with Gasteiger partial charge < -0.3 is 20.1 Å². The van der Waals surface area contributed by atoms with E-state index in [2.05, 4.69) is 39.4 Å². The number of pyridine rings is 2. The summed E-state index contributed by atoms with van der Waals surface area (Å²) < 4.78 is 11.2. The lowest BCUT2D eigenvalue weighted by molar-refractivity contribution is -0.120. The predicted octanol–water partition coefficient (Wildman–Crippen LogP) is 3.84. The lowest BCUT2D eigenvalue weighted by atomic mass is 9.90. The molecule has 7 heteroatoms. The summed E-state index contributed by atoms with van der Waals surface area (Å²) in [7, 11) is 1.82. The summed E-state index contributed by atoms with van der Waals surface area (Å²) in [6, 6.07) is 9.63. The van der Waals surface area contributed by atoms with Crippen LogP contribution in [0.4, 0.5) is 11.6 Å². The summed E-state index contributed by atoms with van der Waals surface area (Å²) in [4.78, 5) is 21.0. The van der Waals surface area contributed by atoms with Gasteiger partial charge in [0.1, 0.15) is 17.4 Å². The lowest BCUT2D eigenvalue weighted by Gasteiger charge is -2.37. The number of benzene rings is 1. The van der Waals surface area contributed by atoms with Gasteiger partial charge in [0.25, 0.3) is 0 Å². The first-order valence-electron chi connectivity index (χ1n) is 11.1. The number of rotatable bonds is 6. The molecule has 1 amide bonds. The molecule has 1 saturated carbocycles. The Balaban J connectivity index is 1.37. The standard InChI is InChI=1S/C26H26N4O3/c1-26(14-32-15-26)16-33-20-9-4-17(5-10-20)3-6-19-12-29-24(27-2)22-13-28-23(11-21(19)22)30-25(31)18-7-8-18/h4-5,9-13,18H,7-8,14-16H2,1-2H3,(H,27,29)(H,28,30,31). The van der Waals surface area contributed by atoms with Gasteiger partial charge in [0, 0.05) is 47.1 Å². The van der Waals surface area contributed by atoms with Crippen molar-refractivity contribution in [3.63, 3.8) is 0 Å². The highest BCUT2D eigenvalue weighted by Gasteiger charge is 2.34. The fourth-order valence-corrected chi connectivity index (χ4v) is 3.64. The van der Waals surface area contributed by atoms with Crippen molar-refractivity contribution in [2.75, 3.05) is 37.5 Å². The van der Waals surface area contributed by atoms with Gasteiger partial charge in [-0.2, -0.15) is 0 Å². The molecule has 1 aromatic carbocycles. The predicted molar refractivity (Wildman–Crippen MR) is 127 cm³/mol. The van der Waals surface area contributed by atoms with Crippen molar-refractivity contribution in [1.82, 2.24) is 9.97 Å². The van der Waals surface area contributed by atoms with E-state index in [1.807, 2.05) is 37.4 Å². The van der Waals surface area contributed by atoms with Crippen LogP contribution < -0.4 is 15.4 Å². The second-order valence-electron chi connectivity index (χ2n) is 9.02. The number of anilines is 2. The van der Waals surface area contributed by atoms with E-state index in [-0.39, 0.29) is 17.2 Å². The number of nitrogens with one attached hydrogen (secondary N) is 2. The number of ether oxygens (including phenoxy) is 2. The smallest absolute Gasteiger partial charge is 0.228 e. The lowest BCUT2D eigenvalue weighted by Crippen LogP contribution is -2.44. The van der Waals surface area contributed by atoms with Crippen LogP contribution >= 0.6 is 0 Å². The molecule has 3 aromatic rings. The molecule has 0 radical (unpaired) electrons. The molecule has 33 heavy (non-hydrogen) atoms. The molecule has 0 atom stereocenters. The molecule has 2 aliphatic rings. The molecule has 1 saturated heterocycles. The number of fused-ring (bicyclic) bond motifs is 1. The minimum Gasteiger partial charge on any atom is -0.493 e. The highest BCUT2D eigenvalue weighted by molar-refractivity contribution is 5.99. The molecule has 0 spiro atoms. The molecule has 7 nitrogen and oxygen atoms in total. The number of hydrogen-bond donors (Lipinski definition) is 2. The van der Waals surface area contributed by atoms with Crippen LogP contribution in [0.5, 0.6) is 5.75 Å². The van der Waals surface area contributed by atoms with Crippen LogP contribution in [0.25, 0.3) is 10.8 Å². The monoisotopic (exact) mass is 442 g/mol. The van der Waals surface area contributed by atoms with Gasteiger partial charge in [-0.05, 0) is 43.2 Å². The zero-order valence-electron chi connectivity index (χ0n) is 18.8. The van der Waals surface area contributed by atoms with Crippen LogP contribution in [0.15, 0.2) is 42.7 Å². The highest BCUT2D eigenvalue weighted by Crippen LogP contribution is 2.31. The molecule has 0 unspecified atom stereocenters. The van der Waals surface area contributed by atoms with Crippen LogP contribution in [0, 0.1) is 23.2 Å². The Morgan fingerprint density at radius 1 is 1.15 bits per heavy atom. The van der Waals surface area contributed by atoms with E-state index >= 15 is 0 Å². The summed E-state index contributed by atoms with van der Waals surface area (Å²) >= 11 is 0.